The zero-order valence-electron chi connectivity index (χ0n) is 8.41. The van der Waals surface area contributed by atoms with Gasteiger partial charge in [0.15, 0.2) is 0 Å². The van der Waals surface area contributed by atoms with Crippen LogP contribution in [0.2, 0.25) is 0 Å². The molecule has 1 unspecified atom stereocenters. The Balaban J connectivity index is 3.24. The smallest absolute Gasteiger partial charge is 0.148 e. The normalized spacial score (nSPS) is 12.4. The summed E-state index contributed by atoms with van der Waals surface area (Å²) in [6.07, 6.45) is 7.03. The van der Waals surface area contributed by atoms with Crippen LogP contribution in [0.15, 0.2) is 0 Å². The van der Waals surface area contributed by atoms with Crippen molar-refractivity contribution in [3.8, 4) is 12.3 Å². The molecule has 3 nitrogen and oxygen atoms in total. The molecule has 0 aliphatic carbocycles. The fraction of sp³-hybridized carbons (Fsp3) is 0.800. The molecular weight excluding hydrogens is 168 g/mol. The highest BCUT2D eigenvalue weighted by atomic mass is 16.7. The molecule has 3 heteroatoms. The summed E-state index contributed by atoms with van der Waals surface area (Å²) in [4.78, 5) is 0. The van der Waals surface area contributed by atoms with E-state index in [2.05, 4.69) is 12.8 Å². The highest BCUT2D eigenvalue weighted by molar-refractivity contribution is 4.93. The molecule has 0 spiro atoms. The Morgan fingerprint density at radius 2 is 2.15 bits per heavy atom. The summed E-state index contributed by atoms with van der Waals surface area (Å²) in [5.74, 6) is 2.56. The van der Waals surface area contributed by atoms with Gasteiger partial charge in [0, 0.05) is 7.11 Å². The summed E-state index contributed by atoms with van der Waals surface area (Å²) >= 11 is 0. The van der Waals surface area contributed by atoms with Crippen molar-refractivity contribution in [1.82, 2.24) is 0 Å². The Bertz CT molecular complexity index is 140. The van der Waals surface area contributed by atoms with E-state index >= 15 is 0 Å². The summed E-state index contributed by atoms with van der Waals surface area (Å²) < 4.78 is 15.2. The van der Waals surface area contributed by atoms with Crippen LogP contribution in [0.5, 0.6) is 0 Å². The van der Waals surface area contributed by atoms with Crippen LogP contribution in [0.25, 0.3) is 0 Å². The summed E-state index contributed by atoms with van der Waals surface area (Å²) in [7, 11) is 1.63. The first kappa shape index (κ1) is 12.4. The van der Waals surface area contributed by atoms with E-state index in [-0.39, 0.29) is 12.9 Å². The molecule has 0 aliphatic rings. The third-order valence-corrected chi connectivity index (χ3v) is 1.52. The molecular formula is C10H18O3. The van der Waals surface area contributed by atoms with Crippen LogP contribution < -0.4 is 0 Å². The number of rotatable bonds is 8. The fourth-order valence-corrected chi connectivity index (χ4v) is 0.808. The van der Waals surface area contributed by atoms with E-state index in [4.69, 9.17) is 20.6 Å². The van der Waals surface area contributed by atoms with Crippen molar-refractivity contribution in [2.75, 3.05) is 27.1 Å². The molecule has 0 bridgehead atoms. The van der Waals surface area contributed by atoms with E-state index in [9.17, 15) is 0 Å². The minimum absolute atomic E-state index is 0.118. The summed E-state index contributed by atoms with van der Waals surface area (Å²) in [6.45, 7) is 3.44. The topological polar surface area (TPSA) is 27.7 Å². The first-order valence-corrected chi connectivity index (χ1v) is 4.49. The van der Waals surface area contributed by atoms with E-state index in [1.54, 1.807) is 7.11 Å². The molecule has 0 aromatic rings. The third kappa shape index (κ3) is 7.79. The Morgan fingerprint density at radius 1 is 1.38 bits per heavy atom. The number of hydrogen-bond donors (Lipinski definition) is 0. The highest BCUT2D eigenvalue weighted by Gasteiger charge is 2.02. The lowest BCUT2D eigenvalue weighted by Crippen LogP contribution is -2.14. The summed E-state index contributed by atoms with van der Waals surface area (Å²) in [5.41, 5.74) is 0. The Hall–Kier alpha value is -0.560. The van der Waals surface area contributed by atoms with E-state index in [0.29, 0.717) is 13.2 Å². The van der Waals surface area contributed by atoms with E-state index < -0.39 is 0 Å². The number of methoxy groups -OCH3 is 1. The predicted octanol–water partition coefficient (Wildman–Crippen LogP) is 1.43. The Morgan fingerprint density at radius 3 is 2.69 bits per heavy atom. The van der Waals surface area contributed by atoms with Gasteiger partial charge in [-0.1, -0.05) is 19.3 Å². The van der Waals surface area contributed by atoms with Gasteiger partial charge in [0.1, 0.15) is 12.9 Å². The van der Waals surface area contributed by atoms with E-state index in [1.165, 1.54) is 0 Å². The van der Waals surface area contributed by atoms with Crippen LogP contribution in [0.4, 0.5) is 0 Å². The molecule has 0 N–H and O–H groups in total. The maximum absolute atomic E-state index is 5.26. The van der Waals surface area contributed by atoms with Gasteiger partial charge in [-0.3, -0.25) is 0 Å². The second kappa shape index (κ2) is 9.53. The van der Waals surface area contributed by atoms with Crippen molar-refractivity contribution in [1.29, 1.82) is 0 Å². The maximum atomic E-state index is 5.26. The average molecular weight is 186 g/mol. The second-order valence-electron chi connectivity index (χ2n) is 2.63. The van der Waals surface area contributed by atoms with Gasteiger partial charge in [0.25, 0.3) is 0 Å². The molecule has 0 amide bonds. The van der Waals surface area contributed by atoms with Crippen LogP contribution in [-0.4, -0.2) is 33.2 Å². The van der Waals surface area contributed by atoms with Crippen molar-refractivity contribution in [2.45, 2.75) is 25.9 Å². The van der Waals surface area contributed by atoms with Crippen LogP contribution in [-0.2, 0) is 14.2 Å². The maximum Gasteiger partial charge on any atom is 0.148 e. The van der Waals surface area contributed by atoms with Crippen LogP contribution in [0.1, 0.15) is 19.8 Å². The minimum Gasteiger partial charge on any atom is -0.382 e. The van der Waals surface area contributed by atoms with Gasteiger partial charge in [0.2, 0.25) is 0 Å². The largest absolute Gasteiger partial charge is 0.382 e. The summed E-state index contributed by atoms with van der Waals surface area (Å²) in [5, 5.41) is 0. The molecule has 0 aromatic carbocycles. The monoisotopic (exact) mass is 186 g/mol. The molecule has 0 fully saturated rings. The lowest BCUT2D eigenvalue weighted by atomic mass is 10.2. The zero-order chi connectivity index (χ0) is 9.94. The van der Waals surface area contributed by atoms with Gasteiger partial charge in [-0.25, -0.2) is 0 Å². The Labute approximate surface area is 80.4 Å². The molecule has 0 aromatic heterocycles. The third-order valence-electron chi connectivity index (χ3n) is 1.52. The molecule has 13 heavy (non-hydrogen) atoms. The SMILES string of the molecule is C#CC(CCC)OCOCCOC. The van der Waals surface area contributed by atoms with E-state index in [0.717, 1.165) is 12.8 Å². The van der Waals surface area contributed by atoms with Gasteiger partial charge in [-0.05, 0) is 6.42 Å². The van der Waals surface area contributed by atoms with Gasteiger partial charge in [0.05, 0.1) is 13.2 Å². The zero-order valence-corrected chi connectivity index (χ0v) is 8.41. The van der Waals surface area contributed by atoms with Crippen molar-refractivity contribution >= 4 is 0 Å². The fourth-order valence-electron chi connectivity index (χ4n) is 0.808. The number of terminal acetylenes is 1. The minimum atomic E-state index is -0.118. The quantitative estimate of drug-likeness (QED) is 0.326. The van der Waals surface area contributed by atoms with Crippen molar-refractivity contribution < 1.29 is 14.2 Å². The molecule has 0 heterocycles. The molecule has 0 aliphatic heterocycles. The lowest BCUT2D eigenvalue weighted by molar-refractivity contribution is -0.0838. The predicted molar refractivity (Wildman–Crippen MR) is 51.3 cm³/mol. The summed E-state index contributed by atoms with van der Waals surface area (Å²) in [6, 6.07) is 0. The molecule has 0 radical (unpaired) electrons. The number of ether oxygens (including phenoxy) is 3. The lowest BCUT2D eigenvalue weighted by Gasteiger charge is -2.10. The average Bonchev–Trinajstić information content (AvgIpc) is 2.16. The van der Waals surface area contributed by atoms with Crippen LogP contribution >= 0.6 is 0 Å². The molecule has 1 atom stereocenters. The number of hydrogen-bond acceptors (Lipinski definition) is 3. The first-order valence-electron chi connectivity index (χ1n) is 4.49. The second-order valence-corrected chi connectivity index (χ2v) is 2.63. The highest BCUT2D eigenvalue weighted by Crippen LogP contribution is 2.00. The van der Waals surface area contributed by atoms with Crippen molar-refractivity contribution in [2.24, 2.45) is 0 Å². The van der Waals surface area contributed by atoms with Crippen molar-refractivity contribution in [3.05, 3.63) is 0 Å². The molecule has 0 saturated carbocycles. The Kier molecular flexibility index (Phi) is 9.12. The molecule has 0 saturated heterocycles. The van der Waals surface area contributed by atoms with Gasteiger partial charge in [-0.2, -0.15) is 0 Å². The van der Waals surface area contributed by atoms with E-state index in [1.807, 2.05) is 0 Å². The standard InChI is InChI=1S/C10H18O3/c1-4-6-10(5-2)13-9-12-8-7-11-3/h2,10H,4,6-9H2,1,3H3. The van der Waals surface area contributed by atoms with Gasteiger partial charge in [-0.15, -0.1) is 6.42 Å². The molecule has 76 valence electrons. The van der Waals surface area contributed by atoms with Gasteiger partial charge >= 0.3 is 0 Å². The van der Waals surface area contributed by atoms with Crippen LogP contribution in [0.3, 0.4) is 0 Å². The van der Waals surface area contributed by atoms with Gasteiger partial charge < -0.3 is 14.2 Å². The first-order chi connectivity index (χ1) is 6.35. The van der Waals surface area contributed by atoms with Crippen molar-refractivity contribution in [3.63, 3.8) is 0 Å². The molecule has 0 rings (SSSR count). The van der Waals surface area contributed by atoms with Crippen LogP contribution in [0, 0.1) is 12.3 Å².